The van der Waals surface area contributed by atoms with Crippen LogP contribution in [0.3, 0.4) is 0 Å². The standard InChI is InChI=1S/C15H16BrN3O3/c1-10(2)18(9-14(20)21)15(22)11-7-17-19(8-11)13-5-3-12(16)4-6-13/h3-8,10H,9H2,1-2H3,(H,20,21). The van der Waals surface area contributed by atoms with E-state index in [-0.39, 0.29) is 18.5 Å². The number of aliphatic carboxylic acids is 1. The van der Waals surface area contributed by atoms with E-state index in [0.29, 0.717) is 5.56 Å². The molecule has 0 aliphatic rings. The molecule has 0 radical (unpaired) electrons. The predicted molar refractivity (Wildman–Crippen MR) is 85.1 cm³/mol. The molecule has 2 rings (SSSR count). The van der Waals surface area contributed by atoms with Gasteiger partial charge in [0.25, 0.3) is 5.91 Å². The Balaban J connectivity index is 2.24. The van der Waals surface area contributed by atoms with Crippen molar-refractivity contribution in [2.24, 2.45) is 0 Å². The van der Waals surface area contributed by atoms with Gasteiger partial charge in [0, 0.05) is 16.7 Å². The van der Waals surface area contributed by atoms with Crippen molar-refractivity contribution in [2.75, 3.05) is 6.54 Å². The van der Waals surface area contributed by atoms with Crippen LogP contribution in [0.25, 0.3) is 5.69 Å². The number of nitrogens with zero attached hydrogens (tertiary/aromatic N) is 3. The Morgan fingerprint density at radius 2 is 1.95 bits per heavy atom. The number of hydrogen-bond donors (Lipinski definition) is 1. The maximum Gasteiger partial charge on any atom is 0.323 e. The van der Waals surface area contributed by atoms with E-state index >= 15 is 0 Å². The van der Waals surface area contributed by atoms with Gasteiger partial charge in [-0.1, -0.05) is 15.9 Å². The molecule has 1 aromatic heterocycles. The number of carbonyl (C=O) groups excluding carboxylic acids is 1. The fraction of sp³-hybridized carbons (Fsp3) is 0.267. The lowest BCUT2D eigenvalue weighted by Gasteiger charge is -2.24. The van der Waals surface area contributed by atoms with Crippen molar-refractivity contribution in [3.05, 3.63) is 46.7 Å². The first kappa shape index (κ1) is 16.2. The molecule has 0 aliphatic carbocycles. The monoisotopic (exact) mass is 365 g/mol. The highest BCUT2D eigenvalue weighted by Gasteiger charge is 2.22. The number of carboxylic acids is 1. The Hall–Kier alpha value is -2.15. The highest BCUT2D eigenvalue weighted by Crippen LogP contribution is 2.15. The average Bonchev–Trinajstić information content (AvgIpc) is 2.94. The van der Waals surface area contributed by atoms with Crippen LogP contribution in [0.1, 0.15) is 24.2 Å². The fourth-order valence-electron chi connectivity index (χ4n) is 1.97. The van der Waals surface area contributed by atoms with Crippen molar-refractivity contribution in [3.8, 4) is 5.69 Å². The van der Waals surface area contributed by atoms with E-state index in [0.717, 1.165) is 10.2 Å². The van der Waals surface area contributed by atoms with Crippen LogP contribution in [0.2, 0.25) is 0 Å². The van der Waals surface area contributed by atoms with Gasteiger partial charge in [-0.25, -0.2) is 4.68 Å². The van der Waals surface area contributed by atoms with Gasteiger partial charge >= 0.3 is 5.97 Å². The average molecular weight is 366 g/mol. The molecule has 0 saturated carbocycles. The van der Waals surface area contributed by atoms with Crippen molar-refractivity contribution in [3.63, 3.8) is 0 Å². The largest absolute Gasteiger partial charge is 0.480 e. The van der Waals surface area contributed by atoms with Crippen molar-refractivity contribution in [1.29, 1.82) is 0 Å². The van der Waals surface area contributed by atoms with Gasteiger partial charge in [0.15, 0.2) is 0 Å². The SMILES string of the molecule is CC(C)N(CC(=O)O)C(=O)c1cnn(-c2ccc(Br)cc2)c1. The minimum absolute atomic E-state index is 0.209. The first-order valence-corrected chi connectivity index (χ1v) is 7.51. The topological polar surface area (TPSA) is 75.4 Å². The Labute approximate surface area is 136 Å². The molecule has 6 nitrogen and oxygen atoms in total. The van der Waals surface area contributed by atoms with Crippen LogP contribution in [-0.4, -0.2) is 44.3 Å². The molecular formula is C15H16BrN3O3. The first-order chi connectivity index (χ1) is 10.4. The lowest BCUT2D eigenvalue weighted by atomic mass is 10.2. The van der Waals surface area contributed by atoms with E-state index in [1.807, 2.05) is 24.3 Å². The minimum atomic E-state index is -1.04. The zero-order valence-electron chi connectivity index (χ0n) is 12.2. The Morgan fingerprint density at radius 1 is 1.32 bits per heavy atom. The maximum absolute atomic E-state index is 12.4. The quantitative estimate of drug-likeness (QED) is 0.883. The van der Waals surface area contributed by atoms with Crippen molar-refractivity contribution in [2.45, 2.75) is 19.9 Å². The summed E-state index contributed by atoms with van der Waals surface area (Å²) in [6, 6.07) is 7.28. The fourth-order valence-corrected chi connectivity index (χ4v) is 2.23. The van der Waals surface area contributed by atoms with E-state index < -0.39 is 5.97 Å². The van der Waals surface area contributed by atoms with Crippen LogP contribution < -0.4 is 0 Å². The van der Waals surface area contributed by atoms with Crippen LogP contribution >= 0.6 is 15.9 Å². The summed E-state index contributed by atoms with van der Waals surface area (Å²) < 4.78 is 2.53. The molecule has 1 amide bonds. The highest BCUT2D eigenvalue weighted by atomic mass is 79.9. The summed E-state index contributed by atoms with van der Waals surface area (Å²) >= 11 is 3.36. The van der Waals surface area contributed by atoms with E-state index in [9.17, 15) is 9.59 Å². The van der Waals surface area contributed by atoms with Crippen LogP contribution in [0, 0.1) is 0 Å². The summed E-state index contributed by atoms with van der Waals surface area (Å²) in [7, 11) is 0. The van der Waals surface area contributed by atoms with Crippen LogP contribution in [0.4, 0.5) is 0 Å². The second-order valence-corrected chi connectivity index (χ2v) is 5.99. The van der Waals surface area contributed by atoms with E-state index in [1.165, 1.54) is 11.1 Å². The molecule has 116 valence electrons. The molecule has 0 fully saturated rings. The van der Waals surface area contributed by atoms with Gasteiger partial charge < -0.3 is 10.0 Å². The van der Waals surface area contributed by atoms with Crippen molar-refractivity contribution >= 4 is 27.8 Å². The van der Waals surface area contributed by atoms with Crippen LogP contribution in [-0.2, 0) is 4.79 Å². The Kier molecular flexibility index (Phi) is 4.97. The smallest absolute Gasteiger partial charge is 0.323 e. The van der Waals surface area contributed by atoms with Gasteiger partial charge in [-0.2, -0.15) is 5.10 Å². The van der Waals surface area contributed by atoms with Crippen molar-refractivity contribution in [1.82, 2.24) is 14.7 Å². The zero-order valence-corrected chi connectivity index (χ0v) is 13.8. The number of halogens is 1. The van der Waals surface area contributed by atoms with Crippen LogP contribution in [0.5, 0.6) is 0 Å². The zero-order chi connectivity index (χ0) is 16.3. The Bertz CT molecular complexity index is 680. The molecule has 1 heterocycles. The van der Waals surface area contributed by atoms with Gasteiger partial charge in [-0.3, -0.25) is 9.59 Å². The van der Waals surface area contributed by atoms with Gasteiger partial charge in [-0.15, -0.1) is 0 Å². The number of amides is 1. The third-order valence-corrected chi connectivity index (χ3v) is 3.64. The molecule has 0 aliphatic heterocycles. The molecule has 7 heteroatoms. The number of carboxylic acid groups (broad SMARTS) is 1. The molecule has 1 N–H and O–H groups in total. The maximum atomic E-state index is 12.4. The molecule has 0 atom stereocenters. The lowest BCUT2D eigenvalue weighted by molar-refractivity contribution is -0.138. The number of carbonyl (C=O) groups is 2. The second-order valence-electron chi connectivity index (χ2n) is 5.07. The summed E-state index contributed by atoms with van der Waals surface area (Å²) in [6.45, 7) is 3.22. The molecule has 2 aromatic rings. The molecule has 0 bridgehead atoms. The number of rotatable bonds is 5. The third-order valence-electron chi connectivity index (χ3n) is 3.11. The summed E-state index contributed by atoms with van der Waals surface area (Å²) in [5.41, 5.74) is 1.18. The minimum Gasteiger partial charge on any atom is -0.480 e. The number of benzene rings is 1. The lowest BCUT2D eigenvalue weighted by Crippen LogP contribution is -2.40. The van der Waals surface area contributed by atoms with Gasteiger partial charge in [0.2, 0.25) is 0 Å². The third kappa shape index (κ3) is 3.73. The second kappa shape index (κ2) is 6.74. The van der Waals surface area contributed by atoms with E-state index in [2.05, 4.69) is 21.0 Å². The van der Waals surface area contributed by atoms with Crippen molar-refractivity contribution < 1.29 is 14.7 Å². The molecular weight excluding hydrogens is 350 g/mol. The molecule has 1 aromatic carbocycles. The summed E-state index contributed by atoms with van der Waals surface area (Å²) in [6.07, 6.45) is 3.05. The van der Waals surface area contributed by atoms with Gasteiger partial charge in [-0.05, 0) is 38.1 Å². The molecule has 0 saturated heterocycles. The first-order valence-electron chi connectivity index (χ1n) is 6.72. The molecule has 0 spiro atoms. The Morgan fingerprint density at radius 3 is 2.50 bits per heavy atom. The van der Waals surface area contributed by atoms with Crippen LogP contribution in [0.15, 0.2) is 41.1 Å². The normalized spacial score (nSPS) is 10.7. The van der Waals surface area contributed by atoms with E-state index in [1.54, 1.807) is 24.7 Å². The molecule has 22 heavy (non-hydrogen) atoms. The molecule has 0 unspecified atom stereocenters. The summed E-state index contributed by atoms with van der Waals surface area (Å²) in [4.78, 5) is 24.6. The predicted octanol–water partition coefficient (Wildman–Crippen LogP) is 2.57. The van der Waals surface area contributed by atoms with Gasteiger partial charge in [0.05, 0.1) is 17.4 Å². The van der Waals surface area contributed by atoms with Gasteiger partial charge in [0.1, 0.15) is 6.54 Å². The summed E-state index contributed by atoms with van der Waals surface area (Å²) in [5, 5.41) is 13.1. The highest BCUT2D eigenvalue weighted by molar-refractivity contribution is 9.10. The number of aromatic nitrogens is 2. The number of hydrogen-bond acceptors (Lipinski definition) is 3. The van der Waals surface area contributed by atoms with E-state index in [4.69, 9.17) is 5.11 Å². The summed E-state index contributed by atoms with van der Waals surface area (Å²) in [5.74, 6) is -1.39.